The van der Waals surface area contributed by atoms with Crippen LogP contribution in [0.1, 0.15) is 30.1 Å². The number of carbonyl (C=O) groups excluding carboxylic acids is 2. The number of amides is 2. The van der Waals surface area contributed by atoms with Gasteiger partial charge in [-0.25, -0.2) is 0 Å². The maximum absolute atomic E-state index is 12.1. The number of aromatic nitrogens is 2. The summed E-state index contributed by atoms with van der Waals surface area (Å²) < 4.78 is 4.90. The number of primary amides is 1. The number of hydrogen-bond donors (Lipinski definition) is 2. The van der Waals surface area contributed by atoms with Crippen LogP contribution in [-0.2, 0) is 21.9 Å². The van der Waals surface area contributed by atoms with Crippen LogP contribution in [0.15, 0.2) is 28.8 Å². The maximum atomic E-state index is 12.1. The molecule has 8 nitrogen and oxygen atoms in total. The molecule has 1 fully saturated rings. The van der Waals surface area contributed by atoms with Gasteiger partial charge in [-0.2, -0.15) is 4.98 Å². The van der Waals surface area contributed by atoms with Crippen molar-refractivity contribution in [2.24, 2.45) is 11.7 Å². The molecule has 3 N–H and O–H groups in total. The lowest BCUT2D eigenvalue weighted by Crippen LogP contribution is -2.40. The van der Waals surface area contributed by atoms with E-state index in [-0.39, 0.29) is 17.7 Å². The SMILES string of the molecule is Cc1nc(CSCC(=O)Nc2ccc(CN3CCCC(C(N)=O)C3)cc2)no1. The summed E-state index contributed by atoms with van der Waals surface area (Å²) >= 11 is 1.43. The number of nitrogens with one attached hydrogen (secondary N) is 1. The molecule has 0 spiro atoms. The van der Waals surface area contributed by atoms with E-state index in [1.54, 1.807) is 6.92 Å². The highest BCUT2D eigenvalue weighted by molar-refractivity contribution is 7.99. The molecular formula is C19H25N5O3S. The minimum atomic E-state index is -0.213. The molecule has 1 unspecified atom stereocenters. The molecule has 2 heterocycles. The third kappa shape index (κ3) is 6.07. The van der Waals surface area contributed by atoms with Crippen LogP contribution in [0.3, 0.4) is 0 Å². The fraction of sp³-hybridized carbons (Fsp3) is 0.474. The number of hydrogen-bond acceptors (Lipinski definition) is 7. The molecular weight excluding hydrogens is 378 g/mol. The quantitative estimate of drug-likeness (QED) is 0.692. The number of likely N-dealkylation sites (tertiary alicyclic amines) is 1. The molecule has 150 valence electrons. The Morgan fingerprint density at radius 3 is 2.82 bits per heavy atom. The number of carbonyl (C=O) groups is 2. The molecule has 2 aromatic rings. The van der Waals surface area contributed by atoms with Crippen LogP contribution in [0.25, 0.3) is 0 Å². The van der Waals surface area contributed by atoms with Gasteiger partial charge in [0.05, 0.1) is 17.4 Å². The van der Waals surface area contributed by atoms with Crippen molar-refractivity contribution in [1.82, 2.24) is 15.0 Å². The smallest absolute Gasteiger partial charge is 0.234 e. The van der Waals surface area contributed by atoms with Gasteiger partial charge in [0.15, 0.2) is 5.82 Å². The first-order valence-corrected chi connectivity index (χ1v) is 10.4. The van der Waals surface area contributed by atoms with E-state index in [0.29, 0.717) is 29.8 Å². The van der Waals surface area contributed by atoms with Crippen molar-refractivity contribution in [1.29, 1.82) is 0 Å². The molecule has 1 saturated heterocycles. The molecule has 1 aliphatic rings. The molecule has 1 aliphatic heterocycles. The normalized spacial score (nSPS) is 17.4. The highest BCUT2D eigenvalue weighted by Crippen LogP contribution is 2.19. The second-order valence-corrected chi connectivity index (χ2v) is 7.93. The third-order valence-corrected chi connectivity index (χ3v) is 5.51. The minimum absolute atomic E-state index is 0.0545. The summed E-state index contributed by atoms with van der Waals surface area (Å²) in [5.74, 6) is 1.63. The highest BCUT2D eigenvalue weighted by atomic mass is 32.2. The Balaban J connectivity index is 1.42. The zero-order valence-electron chi connectivity index (χ0n) is 15.9. The largest absolute Gasteiger partial charge is 0.369 e. The van der Waals surface area contributed by atoms with E-state index < -0.39 is 0 Å². The summed E-state index contributed by atoms with van der Waals surface area (Å²) in [6.07, 6.45) is 1.87. The van der Waals surface area contributed by atoms with Crippen LogP contribution in [-0.4, -0.2) is 45.7 Å². The topological polar surface area (TPSA) is 114 Å². The summed E-state index contributed by atoms with van der Waals surface area (Å²) in [5.41, 5.74) is 7.34. The first-order chi connectivity index (χ1) is 13.5. The number of nitrogens with two attached hydrogens (primary N) is 1. The highest BCUT2D eigenvalue weighted by Gasteiger charge is 2.23. The summed E-state index contributed by atoms with van der Waals surface area (Å²) in [5, 5.41) is 6.69. The summed E-state index contributed by atoms with van der Waals surface area (Å²) in [6, 6.07) is 7.80. The lowest BCUT2D eigenvalue weighted by atomic mass is 9.97. The van der Waals surface area contributed by atoms with Crippen molar-refractivity contribution < 1.29 is 14.1 Å². The van der Waals surface area contributed by atoms with Gasteiger partial charge in [-0.05, 0) is 37.1 Å². The van der Waals surface area contributed by atoms with Crippen LogP contribution < -0.4 is 11.1 Å². The predicted octanol–water partition coefficient (Wildman–Crippen LogP) is 1.95. The van der Waals surface area contributed by atoms with E-state index in [9.17, 15) is 9.59 Å². The Kier molecular flexibility index (Phi) is 7.05. The molecule has 0 saturated carbocycles. The van der Waals surface area contributed by atoms with Crippen LogP contribution in [0.5, 0.6) is 0 Å². The lowest BCUT2D eigenvalue weighted by Gasteiger charge is -2.31. The van der Waals surface area contributed by atoms with Crippen LogP contribution in [0, 0.1) is 12.8 Å². The first-order valence-electron chi connectivity index (χ1n) is 9.27. The number of piperidine rings is 1. The van der Waals surface area contributed by atoms with Crippen molar-refractivity contribution in [3.05, 3.63) is 41.5 Å². The second kappa shape index (κ2) is 9.70. The van der Waals surface area contributed by atoms with E-state index in [2.05, 4.69) is 20.4 Å². The zero-order chi connectivity index (χ0) is 19.9. The van der Waals surface area contributed by atoms with Gasteiger partial charge in [0, 0.05) is 25.7 Å². The van der Waals surface area contributed by atoms with Gasteiger partial charge in [0.1, 0.15) is 0 Å². The van der Waals surface area contributed by atoms with Gasteiger partial charge >= 0.3 is 0 Å². The van der Waals surface area contributed by atoms with Gasteiger partial charge < -0.3 is 15.6 Å². The van der Waals surface area contributed by atoms with Gasteiger partial charge in [0.2, 0.25) is 17.7 Å². The molecule has 28 heavy (non-hydrogen) atoms. The fourth-order valence-corrected chi connectivity index (χ4v) is 3.87. The van der Waals surface area contributed by atoms with Gasteiger partial charge in [-0.1, -0.05) is 17.3 Å². The molecule has 1 aromatic carbocycles. The number of aryl methyl sites for hydroxylation is 1. The number of thioether (sulfide) groups is 1. The average Bonchev–Trinajstić information content (AvgIpc) is 3.09. The number of rotatable bonds is 8. The van der Waals surface area contributed by atoms with Gasteiger partial charge in [0.25, 0.3) is 0 Å². The van der Waals surface area contributed by atoms with Crippen molar-refractivity contribution in [2.75, 3.05) is 24.2 Å². The Morgan fingerprint density at radius 1 is 1.36 bits per heavy atom. The second-order valence-electron chi connectivity index (χ2n) is 6.94. The molecule has 9 heteroatoms. The molecule has 1 atom stereocenters. The van der Waals surface area contributed by atoms with Crippen molar-refractivity contribution >= 4 is 29.3 Å². The average molecular weight is 404 g/mol. The first kappa shape index (κ1) is 20.3. The van der Waals surface area contributed by atoms with Gasteiger partial charge in [-0.3, -0.25) is 14.5 Å². The fourth-order valence-electron chi connectivity index (χ4n) is 3.22. The Morgan fingerprint density at radius 2 is 2.14 bits per heavy atom. The third-order valence-electron chi connectivity index (χ3n) is 4.59. The minimum Gasteiger partial charge on any atom is -0.369 e. The number of nitrogens with zero attached hydrogens (tertiary/aromatic N) is 3. The van der Waals surface area contributed by atoms with E-state index >= 15 is 0 Å². The molecule has 3 rings (SSSR count). The standard InChI is InChI=1S/C19H25N5O3S/c1-13-21-17(23-27-13)11-28-12-18(25)22-16-6-4-14(5-7-16)9-24-8-2-3-15(10-24)19(20)26/h4-7,15H,2-3,8-12H2,1H3,(H2,20,26)(H,22,25). The van der Waals surface area contributed by atoms with Crippen LogP contribution in [0.2, 0.25) is 0 Å². The van der Waals surface area contributed by atoms with Crippen molar-refractivity contribution in [3.63, 3.8) is 0 Å². The number of benzene rings is 1. The summed E-state index contributed by atoms with van der Waals surface area (Å²) in [4.78, 5) is 29.8. The van der Waals surface area contributed by atoms with E-state index in [1.807, 2.05) is 24.3 Å². The lowest BCUT2D eigenvalue weighted by molar-refractivity contribution is -0.123. The van der Waals surface area contributed by atoms with Crippen molar-refractivity contribution in [2.45, 2.75) is 32.1 Å². The molecule has 1 aromatic heterocycles. The Bertz CT molecular complexity index is 808. The summed E-state index contributed by atoms with van der Waals surface area (Å²) in [6.45, 7) is 4.20. The summed E-state index contributed by atoms with van der Waals surface area (Å²) in [7, 11) is 0. The molecule has 0 bridgehead atoms. The molecule has 0 aliphatic carbocycles. The van der Waals surface area contributed by atoms with Crippen LogP contribution >= 0.6 is 11.8 Å². The maximum Gasteiger partial charge on any atom is 0.234 e. The van der Waals surface area contributed by atoms with E-state index in [1.165, 1.54) is 11.8 Å². The molecule has 0 radical (unpaired) electrons. The monoisotopic (exact) mass is 403 g/mol. The molecule has 2 amide bonds. The van der Waals surface area contributed by atoms with Crippen LogP contribution in [0.4, 0.5) is 5.69 Å². The van der Waals surface area contributed by atoms with Crippen molar-refractivity contribution in [3.8, 4) is 0 Å². The zero-order valence-corrected chi connectivity index (χ0v) is 16.7. The van der Waals surface area contributed by atoms with E-state index in [0.717, 1.165) is 37.2 Å². The van der Waals surface area contributed by atoms with E-state index in [4.69, 9.17) is 10.3 Å². The van der Waals surface area contributed by atoms with Gasteiger partial charge in [-0.15, -0.1) is 11.8 Å². The Labute approximate surface area is 168 Å². The predicted molar refractivity (Wildman–Crippen MR) is 107 cm³/mol. The number of anilines is 1. The Hall–Kier alpha value is -2.39.